The molecule has 86 valence electrons. The number of nitrogens with two attached hydrogens (primary N) is 1. The molecule has 0 aliphatic heterocycles. The summed E-state index contributed by atoms with van der Waals surface area (Å²) in [5.74, 6) is -0.358. The van der Waals surface area contributed by atoms with Crippen LogP contribution in [-0.4, -0.2) is 18.1 Å². The summed E-state index contributed by atoms with van der Waals surface area (Å²) < 4.78 is 4.67. The molecule has 0 bridgehead atoms. The van der Waals surface area contributed by atoms with Crippen LogP contribution >= 0.6 is 0 Å². The van der Waals surface area contributed by atoms with Crippen LogP contribution in [0.3, 0.4) is 0 Å². The van der Waals surface area contributed by atoms with E-state index in [1.165, 1.54) is 7.11 Å². The van der Waals surface area contributed by atoms with Gasteiger partial charge in [-0.25, -0.2) is 4.79 Å². The van der Waals surface area contributed by atoms with Gasteiger partial charge < -0.3 is 10.5 Å². The Morgan fingerprint density at radius 1 is 1.24 bits per heavy atom. The predicted octanol–water partition coefficient (Wildman–Crippen LogP) is 2.12. The zero-order chi connectivity index (χ0) is 12.3. The summed E-state index contributed by atoms with van der Waals surface area (Å²) in [6.07, 6.45) is 3.28. The second-order valence-corrected chi connectivity index (χ2v) is 3.58. The zero-order valence-electron chi connectivity index (χ0n) is 9.38. The van der Waals surface area contributed by atoms with Crippen LogP contribution in [0.2, 0.25) is 0 Å². The molecule has 0 aliphatic rings. The van der Waals surface area contributed by atoms with Crippen molar-refractivity contribution in [2.24, 2.45) is 0 Å². The molecular formula is C13H12N2O2. The lowest BCUT2D eigenvalue weighted by Crippen LogP contribution is -2.00. The van der Waals surface area contributed by atoms with Crippen LogP contribution < -0.4 is 5.73 Å². The van der Waals surface area contributed by atoms with E-state index in [2.05, 4.69) is 9.72 Å². The lowest BCUT2D eigenvalue weighted by molar-refractivity contribution is 0.0601. The van der Waals surface area contributed by atoms with Crippen molar-refractivity contribution in [2.45, 2.75) is 0 Å². The topological polar surface area (TPSA) is 65.2 Å². The molecule has 0 saturated carbocycles. The lowest BCUT2D eigenvalue weighted by atomic mass is 10.0. The summed E-state index contributed by atoms with van der Waals surface area (Å²) in [5, 5.41) is 0. The average Bonchev–Trinajstić information content (AvgIpc) is 2.38. The molecule has 1 aromatic carbocycles. The monoisotopic (exact) mass is 228 g/mol. The minimum Gasteiger partial charge on any atom is -0.465 e. The van der Waals surface area contributed by atoms with E-state index < -0.39 is 0 Å². The van der Waals surface area contributed by atoms with Crippen LogP contribution in [0.15, 0.2) is 42.7 Å². The van der Waals surface area contributed by atoms with Crippen molar-refractivity contribution < 1.29 is 9.53 Å². The zero-order valence-corrected chi connectivity index (χ0v) is 9.38. The Morgan fingerprint density at radius 3 is 2.76 bits per heavy atom. The van der Waals surface area contributed by atoms with E-state index >= 15 is 0 Å². The highest BCUT2D eigenvalue weighted by Gasteiger charge is 2.06. The molecule has 0 atom stereocenters. The smallest absolute Gasteiger partial charge is 0.337 e. The molecule has 17 heavy (non-hydrogen) atoms. The van der Waals surface area contributed by atoms with Gasteiger partial charge in [0.1, 0.15) is 0 Å². The highest BCUT2D eigenvalue weighted by atomic mass is 16.5. The van der Waals surface area contributed by atoms with E-state index in [4.69, 9.17) is 5.73 Å². The fourth-order valence-corrected chi connectivity index (χ4v) is 1.56. The first-order chi connectivity index (χ1) is 8.20. The molecule has 2 N–H and O–H groups in total. The third kappa shape index (κ3) is 2.42. The lowest BCUT2D eigenvalue weighted by Gasteiger charge is -2.04. The van der Waals surface area contributed by atoms with Gasteiger partial charge in [0.15, 0.2) is 0 Å². The summed E-state index contributed by atoms with van der Waals surface area (Å²) in [5.41, 5.74) is 8.51. The van der Waals surface area contributed by atoms with Crippen molar-refractivity contribution in [1.29, 1.82) is 0 Å². The maximum absolute atomic E-state index is 11.4. The quantitative estimate of drug-likeness (QED) is 0.799. The van der Waals surface area contributed by atoms with Gasteiger partial charge in [0, 0.05) is 18.0 Å². The fourth-order valence-electron chi connectivity index (χ4n) is 1.56. The maximum atomic E-state index is 11.4. The SMILES string of the molecule is COC(=O)c1cccc(-c2cncc(N)c2)c1. The van der Waals surface area contributed by atoms with Crippen molar-refractivity contribution in [3.8, 4) is 11.1 Å². The predicted molar refractivity (Wildman–Crippen MR) is 65.4 cm³/mol. The standard InChI is InChI=1S/C13H12N2O2/c1-17-13(16)10-4-2-3-9(5-10)11-6-12(14)8-15-7-11/h2-8H,14H2,1H3. The summed E-state index contributed by atoms with van der Waals surface area (Å²) in [6.45, 7) is 0. The van der Waals surface area contributed by atoms with Crippen LogP contribution in [0, 0.1) is 0 Å². The van der Waals surface area contributed by atoms with E-state index in [-0.39, 0.29) is 5.97 Å². The van der Waals surface area contributed by atoms with Crippen LogP contribution in [0.5, 0.6) is 0 Å². The summed E-state index contributed by atoms with van der Waals surface area (Å²) in [4.78, 5) is 15.4. The van der Waals surface area contributed by atoms with Crippen molar-refractivity contribution in [2.75, 3.05) is 12.8 Å². The van der Waals surface area contributed by atoms with E-state index in [9.17, 15) is 4.79 Å². The first-order valence-electron chi connectivity index (χ1n) is 5.10. The van der Waals surface area contributed by atoms with Gasteiger partial charge in [-0.2, -0.15) is 0 Å². The number of carbonyl (C=O) groups is 1. The second kappa shape index (κ2) is 4.65. The number of rotatable bonds is 2. The molecule has 2 aromatic rings. The Labute approximate surface area is 99.1 Å². The summed E-state index contributed by atoms with van der Waals surface area (Å²) >= 11 is 0. The van der Waals surface area contributed by atoms with Gasteiger partial charge in [-0.15, -0.1) is 0 Å². The molecule has 0 radical (unpaired) electrons. The largest absolute Gasteiger partial charge is 0.465 e. The Hall–Kier alpha value is -2.36. The van der Waals surface area contributed by atoms with Gasteiger partial charge in [-0.3, -0.25) is 4.98 Å². The molecule has 0 fully saturated rings. The van der Waals surface area contributed by atoms with Crippen molar-refractivity contribution in [3.63, 3.8) is 0 Å². The maximum Gasteiger partial charge on any atom is 0.337 e. The summed E-state index contributed by atoms with van der Waals surface area (Å²) in [6, 6.07) is 8.95. The number of ether oxygens (including phenoxy) is 1. The molecular weight excluding hydrogens is 216 g/mol. The molecule has 0 amide bonds. The Bertz CT molecular complexity index is 553. The van der Waals surface area contributed by atoms with Gasteiger partial charge in [0.25, 0.3) is 0 Å². The third-order valence-corrected chi connectivity index (χ3v) is 2.38. The first-order valence-corrected chi connectivity index (χ1v) is 5.10. The number of esters is 1. The molecule has 0 unspecified atom stereocenters. The Morgan fingerprint density at radius 2 is 2.06 bits per heavy atom. The number of aromatic nitrogens is 1. The highest BCUT2D eigenvalue weighted by Crippen LogP contribution is 2.21. The molecule has 1 aromatic heterocycles. The van der Waals surface area contributed by atoms with Gasteiger partial charge in [0.2, 0.25) is 0 Å². The highest BCUT2D eigenvalue weighted by molar-refractivity contribution is 5.91. The minimum atomic E-state index is -0.358. The number of nitrogens with zero attached hydrogens (tertiary/aromatic N) is 1. The Kier molecular flexibility index (Phi) is 3.05. The van der Waals surface area contributed by atoms with Gasteiger partial charge in [-0.05, 0) is 23.8 Å². The number of carbonyl (C=O) groups excluding carboxylic acids is 1. The molecule has 2 rings (SSSR count). The second-order valence-electron chi connectivity index (χ2n) is 3.58. The molecule has 0 aliphatic carbocycles. The molecule has 4 nitrogen and oxygen atoms in total. The van der Waals surface area contributed by atoms with Crippen molar-refractivity contribution in [3.05, 3.63) is 48.3 Å². The van der Waals surface area contributed by atoms with E-state index in [0.29, 0.717) is 11.3 Å². The third-order valence-electron chi connectivity index (χ3n) is 2.38. The van der Waals surface area contributed by atoms with Crippen molar-refractivity contribution in [1.82, 2.24) is 4.98 Å². The van der Waals surface area contributed by atoms with Crippen LogP contribution in [-0.2, 0) is 4.74 Å². The number of pyridine rings is 1. The Balaban J connectivity index is 2.43. The molecule has 4 heteroatoms. The van der Waals surface area contributed by atoms with Crippen LogP contribution in [0.4, 0.5) is 5.69 Å². The number of hydrogen-bond donors (Lipinski definition) is 1. The van der Waals surface area contributed by atoms with E-state index in [0.717, 1.165) is 11.1 Å². The van der Waals surface area contributed by atoms with Gasteiger partial charge in [-0.1, -0.05) is 12.1 Å². The van der Waals surface area contributed by atoms with E-state index in [1.807, 2.05) is 12.1 Å². The number of benzene rings is 1. The van der Waals surface area contributed by atoms with E-state index in [1.54, 1.807) is 30.6 Å². The number of nitrogen functional groups attached to an aromatic ring is 1. The minimum absolute atomic E-state index is 0.358. The van der Waals surface area contributed by atoms with Crippen molar-refractivity contribution >= 4 is 11.7 Å². The normalized spacial score (nSPS) is 9.94. The molecule has 1 heterocycles. The fraction of sp³-hybridized carbons (Fsp3) is 0.0769. The van der Waals surface area contributed by atoms with Crippen LogP contribution in [0.25, 0.3) is 11.1 Å². The van der Waals surface area contributed by atoms with Gasteiger partial charge >= 0.3 is 5.97 Å². The number of methoxy groups -OCH3 is 1. The number of hydrogen-bond acceptors (Lipinski definition) is 4. The van der Waals surface area contributed by atoms with Gasteiger partial charge in [0.05, 0.1) is 18.4 Å². The molecule has 0 spiro atoms. The average molecular weight is 228 g/mol. The van der Waals surface area contributed by atoms with Crippen LogP contribution in [0.1, 0.15) is 10.4 Å². The first kappa shape index (κ1) is 11.1. The number of anilines is 1. The summed E-state index contributed by atoms with van der Waals surface area (Å²) in [7, 11) is 1.36. The molecule has 0 saturated heterocycles.